The Morgan fingerprint density at radius 3 is 2.50 bits per heavy atom. The fraction of sp³-hybridized carbons (Fsp3) is 0.381. The van der Waals surface area contributed by atoms with Crippen molar-refractivity contribution < 1.29 is 14.1 Å². The summed E-state index contributed by atoms with van der Waals surface area (Å²) in [5, 5.41) is 7.47. The molecule has 30 heavy (non-hydrogen) atoms. The molecular weight excluding hydrogens is 455 g/mol. The molecule has 2 aromatic rings. The molecule has 2 rings (SSSR count). The number of hydrogen-bond acceptors (Lipinski definition) is 7. The van der Waals surface area contributed by atoms with E-state index in [0.717, 1.165) is 21.0 Å². The largest absolute Gasteiger partial charge is 0.373 e. The third kappa shape index (κ3) is 5.89. The Balaban J connectivity index is 2.38. The van der Waals surface area contributed by atoms with Gasteiger partial charge in [-0.25, -0.2) is 0 Å². The van der Waals surface area contributed by atoms with E-state index in [-0.39, 0.29) is 11.9 Å². The molecule has 1 aromatic heterocycles. The maximum absolute atomic E-state index is 13.9. The maximum atomic E-state index is 13.9. The third-order valence-electron chi connectivity index (χ3n) is 4.44. The number of benzene rings is 1. The number of thioether (sulfide) groups is 1. The maximum Gasteiger partial charge on any atom is 0.228 e. The van der Waals surface area contributed by atoms with Gasteiger partial charge in [0.2, 0.25) is 12.7 Å². The molecule has 1 unspecified atom stereocenters. The molecule has 9 heteroatoms. The second-order valence-corrected chi connectivity index (χ2v) is 12.2. The summed E-state index contributed by atoms with van der Waals surface area (Å²) in [6.45, 7) is 9.66. The molecule has 0 aliphatic rings. The smallest absolute Gasteiger partial charge is 0.228 e. The predicted molar refractivity (Wildman–Crippen MR) is 130 cm³/mol. The lowest BCUT2D eigenvalue weighted by molar-refractivity contribution is 0.106. The lowest BCUT2D eigenvalue weighted by Gasteiger charge is -2.21. The lowest BCUT2D eigenvalue weighted by atomic mass is 10.0. The van der Waals surface area contributed by atoms with Crippen LogP contribution in [-0.4, -0.2) is 28.7 Å². The Morgan fingerprint density at radius 2 is 2.00 bits per heavy atom. The van der Waals surface area contributed by atoms with Crippen LogP contribution in [0.1, 0.15) is 47.8 Å². The van der Waals surface area contributed by atoms with E-state index in [9.17, 15) is 9.36 Å². The highest BCUT2D eigenvalue weighted by atomic mass is 32.2. The normalized spacial score (nSPS) is 14.2. The second-order valence-electron chi connectivity index (χ2n) is 6.65. The van der Waals surface area contributed by atoms with Gasteiger partial charge in [-0.2, -0.15) is 5.10 Å². The van der Waals surface area contributed by atoms with Gasteiger partial charge in [0.15, 0.2) is 8.29 Å². The summed E-state index contributed by atoms with van der Waals surface area (Å²) in [7, 11) is -3.42. The van der Waals surface area contributed by atoms with E-state index < -0.39 is 7.14 Å². The van der Waals surface area contributed by atoms with Gasteiger partial charge in [-0.3, -0.25) is 9.89 Å². The minimum absolute atomic E-state index is 0.0905. The molecule has 0 saturated carbocycles. The van der Waals surface area contributed by atoms with Crippen molar-refractivity contribution >= 4 is 48.0 Å². The van der Waals surface area contributed by atoms with Gasteiger partial charge < -0.3 is 9.30 Å². The van der Waals surface area contributed by atoms with Crippen LogP contribution >= 0.6 is 42.5 Å². The summed E-state index contributed by atoms with van der Waals surface area (Å²) in [4.78, 5) is 13.5. The van der Waals surface area contributed by atoms with Crippen LogP contribution in [0, 0.1) is 17.8 Å². The fourth-order valence-electron chi connectivity index (χ4n) is 3.14. The number of nitrogens with zero attached hydrogens (tertiary/aromatic N) is 1. The number of ether oxygens (including phenoxy) is 1. The van der Waals surface area contributed by atoms with E-state index in [1.54, 1.807) is 36.9 Å². The van der Waals surface area contributed by atoms with E-state index in [2.05, 4.69) is 10.2 Å². The summed E-state index contributed by atoms with van der Waals surface area (Å²) in [5.74, 6) is 0.710. The summed E-state index contributed by atoms with van der Waals surface area (Å²) in [6, 6.07) is 3.96. The summed E-state index contributed by atoms with van der Waals surface area (Å²) in [6.07, 6.45) is 5.19. The van der Waals surface area contributed by atoms with Crippen LogP contribution < -0.4 is 0 Å². The zero-order valence-electron chi connectivity index (χ0n) is 17.9. The van der Waals surface area contributed by atoms with Crippen LogP contribution in [0.3, 0.4) is 0 Å². The van der Waals surface area contributed by atoms with Crippen molar-refractivity contribution in [1.82, 2.24) is 10.2 Å². The lowest BCUT2D eigenvalue weighted by Crippen LogP contribution is -2.12. The third-order valence-corrected chi connectivity index (χ3v) is 9.41. The monoisotopic (exact) mass is 482 g/mol. The van der Waals surface area contributed by atoms with Crippen molar-refractivity contribution in [3.05, 3.63) is 61.9 Å². The number of hydrogen-bond donors (Lipinski definition) is 1. The molecule has 5 nitrogen and oxygen atoms in total. The molecule has 1 heterocycles. The molecule has 162 valence electrons. The Morgan fingerprint density at radius 1 is 1.33 bits per heavy atom. The highest BCUT2D eigenvalue weighted by molar-refractivity contribution is 8.00. The number of aromatic amines is 1. The van der Waals surface area contributed by atoms with Gasteiger partial charge in [0.05, 0.1) is 0 Å². The minimum Gasteiger partial charge on any atom is -0.373 e. The number of aromatic nitrogens is 2. The number of carbonyl (C=O) groups is 1. The quantitative estimate of drug-likeness (QED) is 0.169. The van der Waals surface area contributed by atoms with Crippen LogP contribution in [0.15, 0.2) is 40.0 Å². The Kier molecular flexibility index (Phi) is 9.44. The second kappa shape index (κ2) is 11.3. The van der Waals surface area contributed by atoms with Gasteiger partial charge in [-0.1, -0.05) is 53.5 Å². The predicted octanol–water partition coefficient (Wildman–Crippen LogP) is 7.09. The zero-order chi connectivity index (χ0) is 22.3. The van der Waals surface area contributed by atoms with E-state index in [0.29, 0.717) is 27.2 Å². The number of rotatable bonds is 10. The molecule has 0 fully saturated rings. The van der Waals surface area contributed by atoms with Gasteiger partial charge >= 0.3 is 0 Å². The van der Waals surface area contributed by atoms with Crippen molar-refractivity contribution in [2.75, 3.05) is 13.0 Å². The number of aryl methyl sites for hydroxylation is 2. The van der Waals surface area contributed by atoms with Gasteiger partial charge in [0, 0.05) is 23.2 Å². The van der Waals surface area contributed by atoms with Gasteiger partial charge in [0.25, 0.3) is 0 Å². The van der Waals surface area contributed by atoms with Crippen LogP contribution in [0.4, 0.5) is 0 Å². The van der Waals surface area contributed by atoms with Crippen molar-refractivity contribution in [3.63, 3.8) is 0 Å². The topological polar surface area (TPSA) is 72.1 Å². The highest BCUT2D eigenvalue weighted by Crippen LogP contribution is 2.57. The van der Waals surface area contributed by atoms with Crippen molar-refractivity contribution in [2.24, 2.45) is 0 Å². The first kappa shape index (κ1) is 25.0. The van der Waals surface area contributed by atoms with Crippen molar-refractivity contribution in [3.8, 4) is 0 Å². The summed E-state index contributed by atoms with van der Waals surface area (Å²) in [5.41, 5.74) is 2.88. The molecule has 1 aromatic carbocycles. The van der Waals surface area contributed by atoms with E-state index in [1.807, 2.05) is 39.8 Å². The number of nitrogens with one attached hydrogen (secondary N) is 1. The standard InChI is InChI=1S/C21H27N2O3PS3/c1-6-9-17(7-2)27(25,13-26-8-3)19(24)18-14(4)10-16(11-15(18)5)12-29-21-23-22-20(28)30-21/h6-7,9-11H,8,12-13H2,1-5H3,(H,22,28)/b9-6-,17-7+. The molecule has 0 radical (unpaired) electrons. The van der Waals surface area contributed by atoms with Gasteiger partial charge in [0.1, 0.15) is 6.35 Å². The minimum atomic E-state index is -3.42. The molecule has 1 N–H and O–H groups in total. The zero-order valence-corrected chi connectivity index (χ0v) is 21.2. The van der Waals surface area contributed by atoms with E-state index in [4.69, 9.17) is 17.0 Å². The Bertz CT molecular complexity index is 1050. The average molecular weight is 483 g/mol. The molecule has 0 aliphatic carbocycles. The summed E-state index contributed by atoms with van der Waals surface area (Å²) >= 11 is 8.10. The Labute approximate surface area is 191 Å². The van der Waals surface area contributed by atoms with Gasteiger partial charge in [-0.05, 0) is 63.5 Å². The van der Waals surface area contributed by atoms with Gasteiger partial charge in [-0.15, -0.1) is 0 Å². The fourth-order valence-corrected chi connectivity index (χ4v) is 7.62. The highest BCUT2D eigenvalue weighted by Gasteiger charge is 2.37. The first-order valence-electron chi connectivity index (χ1n) is 9.56. The number of allylic oxidation sites excluding steroid dienone is 4. The number of H-pyrrole nitrogens is 1. The Hall–Kier alpha value is -1.31. The SMILES string of the molecule is C/C=C\C(=C/C)P(=O)(COCC)C(=O)c1c(C)cc(CSc2n[nH]c(=S)s2)cc1C. The molecule has 0 saturated heterocycles. The van der Waals surface area contributed by atoms with Crippen LogP contribution in [0.2, 0.25) is 0 Å². The summed E-state index contributed by atoms with van der Waals surface area (Å²) < 4.78 is 20.9. The number of carbonyl (C=O) groups excluding carboxylic acids is 1. The van der Waals surface area contributed by atoms with E-state index in [1.165, 1.54) is 11.3 Å². The van der Waals surface area contributed by atoms with Crippen LogP contribution in [0.5, 0.6) is 0 Å². The molecule has 0 spiro atoms. The molecule has 1 atom stereocenters. The first-order valence-corrected chi connectivity index (χ1v) is 13.7. The molecule has 0 aliphatic heterocycles. The van der Waals surface area contributed by atoms with Crippen molar-refractivity contribution in [2.45, 2.75) is 44.7 Å². The van der Waals surface area contributed by atoms with Crippen molar-refractivity contribution in [1.29, 1.82) is 0 Å². The van der Waals surface area contributed by atoms with E-state index >= 15 is 0 Å². The molecule has 0 bridgehead atoms. The first-order chi connectivity index (χ1) is 14.3. The average Bonchev–Trinajstić information content (AvgIpc) is 3.13. The van der Waals surface area contributed by atoms with Crippen LogP contribution in [-0.2, 0) is 15.1 Å². The van der Waals surface area contributed by atoms with Crippen LogP contribution in [0.25, 0.3) is 0 Å². The molecular formula is C21H27N2O3PS3. The molecule has 0 amide bonds.